The number of aromatic nitrogens is 5. The van der Waals surface area contributed by atoms with Gasteiger partial charge < -0.3 is 10.6 Å². The van der Waals surface area contributed by atoms with Crippen LogP contribution < -0.4 is 21.8 Å². The summed E-state index contributed by atoms with van der Waals surface area (Å²) in [7, 11) is 0. The zero-order chi connectivity index (χ0) is 22.8. The zero-order valence-electron chi connectivity index (χ0n) is 17.2. The van der Waals surface area contributed by atoms with E-state index in [4.69, 9.17) is 0 Å². The lowest BCUT2D eigenvalue weighted by Gasteiger charge is -2.08. The maximum absolute atomic E-state index is 12.5. The molecular formula is C21H19N7O4. The fourth-order valence-corrected chi connectivity index (χ4v) is 3.32. The quantitative estimate of drug-likeness (QED) is 0.365. The van der Waals surface area contributed by atoms with Crippen LogP contribution in [0.4, 0.5) is 5.69 Å². The molecule has 11 heteroatoms. The number of hydrogen-bond donors (Lipinski definition) is 4. The van der Waals surface area contributed by atoms with Crippen molar-refractivity contribution in [2.75, 3.05) is 11.9 Å². The Morgan fingerprint density at radius 1 is 1.03 bits per heavy atom. The summed E-state index contributed by atoms with van der Waals surface area (Å²) in [6, 6.07) is 12.1. The van der Waals surface area contributed by atoms with Crippen LogP contribution in [-0.2, 0) is 4.79 Å². The van der Waals surface area contributed by atoms with Gasteiger partial charge in [0, 0.05) is 0 Å². The molecule has 0 aliphatic carbocycles. The second-order valence-electron chi connectivity index (χ2n) is 7.14. The van der Waals surface area contributed by atoms with Crippen molar-refractivity contribution in [3.8, 4) is 5.69 Å². The van der Waals surface area contributed by atoms with E-state index in [0.717, 1.165) is 11.3 Å². The van der Waals surface area contributed by atoms with E-state index < -0.39 is 22.9 Å². The van der Waals surface area contributed by atoms with Crippen LogP contribution >= 0.6 is 0 Å². The Kier molecular flexibility index (Phi) is 5.37. The first kappa shape index (κ1) is 20.7. The van der Waals surface area contributed by atoms with E-state index in [9.17, 15) is 19.2 Å². The minimum absolute atomic E-state index is 0.0490. The molecule has 0 fully saturated rings. The summed E-state index contributed by atoms with van der Waals surface area (Å²) >= 11 is 0. The van der Waals surface area contributed by atoms with E-state index in [2.05, 4.69) is 31.1 Å². The number of aryl methyl sites for hydroxylation is 1. The topological polar surface area (TPSA) is 155 Å². The highest BCUT2D eigenvalue weighted by Crippen LogP contribution is 2.17. The Balaban J connectivity index is 1.47. The monoisotopic (exact) mass is 433 g/mol. The van der Waals surface area contributed by atoms with Crippen molar-refractivity contribution in [2.24, 2.45) is 0 Å². The molecule has 0 atom stereocenters. The first-order chi connectivity index (χ1) is 15.3. The van der Waals surface area contributed by atoms with E-state index >= 15 is 0 Å². The van der Waals surface area contributed by atoms with Crippen LogP contribution in [0.2, 0.25) is 0 Å². The van der Waals surface area contributed by atoms with Crippen molar-refractivity contribution >= 4 is 28.3 Å². The molecule has 4 aromatic rings. The largest absolute Gasteiger partial charge is 0.342 e. The molecular weight excluding hydrogens is 414 g/mol. The Hall–Kier alpha value is -4.54. The summed E-state index contributed by atoms with van der Waals surface area (Å²) in [5.41, 5.74) is 1.54. The molecule has 0 spiro atoms. The lowest BCUT2D eigenvalue weighted by molar-refractivity contribution is -0.115. The van der Waals surface area contributed by atoms with Crippen molar-refractivity contribution < 1.29 is 9.59 Å². The number of H-pyrrole nitrogens is 2. The summed E-state index contributed by atoms with van der Waals surface area (Å²) in [5, 5.41) is 17.6. The molecule has 2 aromatic carbocycles. The predicted molar refractivity (Wildman–Crippen MR) is 117 cm³/mol. The number of carbonyl (C=O) groups is 2. The second kappa shape index (κ2) is 8.30. The van der Waals surface area contributed by atoms with Gasteiger partial charge in [0.1, 0.15) is 0 Å². The van der Waals surface area contributed by atoms with Gasteiger partial charge in [0.2, 0.25) is 5.91 Å². The third kappa shape index (κ3) is 3.90. The minimum atomic E-state index is -0.575. The first-order valence-electron chi connectivity index (χ1n) is 9.66. The van der Waals surface area contributed by atoms with Crippen molar-refractivity contribution in [1.82, 2.24) is 30.5 Å². The molecule has 162 valence electrons. The van der Waals surface area contributed by atoms with Gasteiger partial charge in [-0.05, 0) is 43.7 Å². The molecule has 2 heterocycles. The summed E-state index contributed by atoms with van der Waals surface area (Å²) in [6.07, 6.45) is 0. The van der Waals surface area contributed by atoms with Gasteiger partial charge in [0.15, 0.2) is 5.69 Å². The van der Waals surface area contributed by atoms with Crippen LogP contribution in [0.5, 0.6) is 0 Å². The second-order valence-corrected chi connectivity index (χ2v) is 7.14. The van der Waals surface area contributed by atoms with Crippen LogP contribution in [0.3, 0.4) is 0 Å². The molecule has 2 aromatic heterocycles. The average molecular weight is 433 g/mol. The number of rotatable bonds is 5. The van der Waals surface area contributed by atoms with Crippen LogP contribution in [-0.4, -0.2) is 43.6 Å². The average Bonchev–Trinajstić information content (AvgIpc) is 3.16. The molecule has 0 radical (unpaired) electrons. The molecule has 11 nitrogen and oxygen atoms in total. The zero-order valence-corrected chi connectivity index (χ0v) is 17.2. The normalized spacial score (nSPS) is 10.8. The number of nitrogens with zero attached hydrogens (tertiary/aromatic N) is 3. The van der Waals surface area contributed by atoms with Crippen molar-refractivity contribution in [1.29, 1.82) is 0 Å². The van der Waals surface area contributed by atoms with E-state index in [1.807, 2.05) is 31.2 Å². The number of carbonyl (C=O) groups excluding carboxylic acids is 2. The van der Waals surface area contributed by atoms with Crippen LogP contribution in [0.25, 0.3) is 16.5 Å². The molecule has 0 unspecified atom stereocenters. The number of nitrogens with one attached hydrogen (secondary N) is 4. The maximum atomic E-state index is 12.5. The number of anilines is 1. The van der Waals surface area contributed by atoms with E-state index in [-0.39, 0.29) is 28.7 Å². The van der Waals surface area contributed by atoms with Crippen LogP contribution in [0.15, 0.2) is 52.1 Å². The van der Waals surface area contributed by atoms with E-state index in [0.29, 0.717) is 5.69 Å². The Morgan fingerprint density at radius 3 is 2.56 bits per heavy atom. The fraction of sp³-hybridized carbons (Fsp3) is 0.143. The number of aromatic amines is 2. The Morgan fingerprint density at radius 2 is 1.78 bits per heavy atom. The summed E-state index contributed by atoms with van der Waals surface area (Å²) < 4.78 is 1.54. The molecule has 0 bridgehead atoms. The summed E-state index contributed by atoms with van der Waals surface area (Å²) in [6.45, 7) is 3.28. The highest BCUT2D eigenvalue weighted by Gasteiger charge is 2.18. The van der Waals surface area contributed by atoms with Crippen molar-refractivity contribution in [3.05, 3.63) is 80.1 Å². The Bertz CT molecular complexity index is 1470. The van der Waals surface area contributed by atoms with Gasteiger partial charge in [-0.2, -0.15) is 0 Å². The lowest BCUT2D eigenvalue weighted by Crippen LogP contribution is -2.33. The molecule has 32 heavy (non-hydrogen) atoms. The van der Waals surface area contributed by atoms with Gasteiger partial charge in [0.05, 0.1) is 34.4 Å². The summed E-state index contributed by atoms with van der Waals surface area (Å²) in [4.78, 5) is 48.9. The number of hydrogen-bond acceptors (Lipinski definition) is 6. The highest BCUT2D eigenvalue weighted by atomic mass is 16.2. The van der Waals surface area contributed by atoms with E-state index in [1.54, 1.807) is 11.6 Å². The first-order valence-corrected chi connectivity index (χ1v) is 9.66. The van der Waals surface area contributed by atoms with E-state index in [1.165, 1.54) is 18.2 Å². The molecule has 0 aliphatic rings. The van der Waals surface area contributed by atoms with Gasteiger partial charge >= 0.3 is 0 Å². The van der Waals surface area contributed by atoms with Gasteiger partial charge in [-0.3, -0.25) is 29.4 Å². The van der Waals surface area contributed by atoms with Gasteiger partial charge in [-0.25, -0.2) is 4.68 Å². The maximum Gasteiger partial charge on any atom is 0.274 e. The van der Waals surface area contributed by atoms with Crippen molar-refractivity contribution in [3.63, 3.8) is 0 Å². The minimum Gasteiger partial charge on any atom is -0.342 e. The molecule has 2 amide bonds. The van der Waals surface area contributed by atoms with Gasteiger partial charge in [-0.1, -0.05) is 23.4 Å². The summed E-state index contributed by atoms with van der Waals surface area (Å²) in [5.74, 6) is -1.14. The third-order valence-electron chi connectivity index (χ3n) is 4.87. The Labute approximate surface area is 180 Å². The lowest BCUT2D eigenvalue weighted by atomic mass is 10.1. The highest BCUT2D eigenvalue weighted by molar-refractivity contribution is 6.03. The molecule has 0 saturated carbocycles. The number of amides is 2. The molecule has 4 rings (SSSR count). The number of benzene rings is 2. The number of fused-ring (bicyclic) bond motifs is 1. The standard InChI is InChI=1S/C21H19N7O4/c1-11-5-3-6-13(9-11)28-12(2)18(24-27-28)21(32)22-10-16(29)23-15-8-4-7-14-17(15)20(31)26-25-19(14)30/h3-9H,10H2,1-2H3,(H,22,32)(H,23,29)(H,25,30)(H,26,31). The smallest absolute Gasteiger partial charge is 0.274 e. The van der Waals surface area contributed by atoms with Crippen molar-refractivity contribution in [2.45, 2.75) is 13.8 Å². The van der Waals surface area contributed by atoms with Gasteiger partial charge in [0.25, 0.3) is 17.0 Å². The third-order valence-corrected chi connectivity index (χ3v) is 4.87. The molecule has 0 aliphatic heterocycles. The SMILES string of the molecule is Cc1cccc(-n2nnc(C(=O)NCC(=O)Nc3cccc4c(=O)[nH][nH]c(=O)c34)c2C)c1. The van der Waals surface area contributed by atoms with Crippen LogP contribution in [0.1, 0.15) is 21.7 Å². The van der Waals surface area contributed by atoms with Crippen LogP contribution in [0, 0.1) is 13.8 Å². The predicted octanol–water partition coefficient (Wildman–Crippen LogP) is 0.782. The molecule has 0 saturated heterocycles. The molecule has 4 N–H and O–H groups in total. The van der Waals surface area contributed by atoms with Gasteiger partial charge in [-0.15, -0.1) is 5.10 Å². The fourth-order valence-electron chi connectivity index (χ4n) is 3.32.